The van der Waals surface area contributed by atoms with Crippen LogP contribution in [0.4, 0.5) is 0 Å². The van der Waals surface area contributed by atoms with Gasteiger partial charge in [0, 0.05) is 49.4 Å². The van der Waals surface area contributed by atoms with Crippen molar-refractivity contribution in [1.29, 1.82) is 0 Å². The summed E-state index contributed by atoms with van der Waals surface area (Å²) in [5.41, 5.74) is 2.34. The molecule has 27 heavy (non-hydrogen) atoms. The predicted octanol–water partition coefficient (Wildman–Crippen LogP) is 2.80. The van der Waals surface area contributed by atoms with E-state index in [1.165, 1.54) is 5.56 Å². The molecule has 1 aromatic carbocycles. The van der Waals surface area contributed by atoms with Crippen LogP contribution >= 0.6 is 11.8 Å². The van der Waals surface area contributed by atoms with Crippen LogP contribution in [0, 0.1) is 0 Å². The normalized spacial score (nSPS) is 17.0. The van der Waals surface area contributed by atoms with Crippen molar-refractivity contribution in [3.8, 4) is 0 Å². The number of nitrogens with one attached hydrogen (secondary N) is 1. The van der Waals surface area contributed by atoms with Gasteiger partial charge >= 0.3 is 0 Å². The van der Waals surface area contributed by atoms with Crippen LogP contribution in [-0.2, 0) is 13.1 Å². The zero-order valence-corrected chi connectivity index (χ0v) is 17.1. The van der Waals surface area contributed by atoms with Gasteiger partial charge in [-0.3, -0.25) is 9.79 Å². The predicted molar refractivity (Wildman–Crippen MR) is 115 cm³/mol. The van der Waals surface area contributed by atoms with E-state index in [-0.39, 0.29) is 10.3 Å². The second-order valence-electron chi connectivity index (χ2n) is 7.41. The number of benzene rings is 1. The highest BCUT2D eigenvalue weighted by Gasteiger charge is 2.28. The summed E-state index contributed by atoms with van der Waals surface area (Å²) >= 11 is 2.02. The van der Waals surface area contributed by atoms with Crippen LogP contribution in [-0.4, -0.2) is 46.1 Å². The molecule has 0 bridgehead atoms. The molecule has 1 N–H and O–H groups in total. The zero-order chi connectivity index (χ0) is 19.3. The van der Waals surface area contributed by atoms with Crippen LogP contribution in [0.5, 0.6) is 0 Å². The van der Waals surface area contributed by atoms with Gasteiger partial charge in [0.2, 0.25) is 0 Å². The molecule has 0 radical (unpaired) electrons. The van der Waals surface area contributed by atoms with E-state index in [2.05, 4.69) is 53.3 Å². The minimum Gasteiger partial charge on any atom is -0.352 e. The van der Waals surface area contributed by atoms with Crippen LogP contribution in [0.25, 0.3) is 0 Å². The van der Waals surface area contributed by atoms with Crippen LogP contribution in [0.2, 0.25) is 0 Å². The maximum atomic E-state index is 11.8. The second-order valence-corrected chi connectivity index (χ2v) is 9.22. The first kappa shape index (κ1) is 19.5. The number of guanidine groups is 1. The third kappa shape index (κ3) is 5.39. The lowest BCUT2D eigenvalue weighted by Crippen LogP contribution is -2.50. The summed E-state index contributed by atoms with van der Waals surface area (Å²) in [4.78, 5) is 18.6. The fraction of sp³-hybridized carbons (Fsp3) is 0.429. The maximum Gasteiger partial charge on any atom is 0.250 e. The summed E-state index contributed by atoms with van der Waals surface area (Å²) in [7, 11) is 1.85. The number of hydrogen-bond acceptors (Lipinski definition) is 3. The van der Waals surface area contributed by atoms with E-state index >= 15 is 0 Å². The largest absolute Gasteiger partial charge is 0.352 e. The molecule has 6 heteroatoms. The van der Waals surface area contributed by atoms with E-state index in [1.807, 2.05) is 31.1 Å². The van der Waals surface area contributed by atoms with Crippen molar-refractivity contribution >= 4 is 17.7 Å². The molecule has 0 atom stereocenters. The van der Waals surface area contributed by atoms with Gasteiger partial charge in [0.15, 0.2) is 5.96 Å². The number of rotatable bonds is 4. The van der Waals surface area contributed by atoms with Gasteiger partial charge in [0.1, 0.15) is 0 Å². The van der Waals surface area contributed by atoms with Gasteiger partial charge in [0.05, 0.1) is 6.54 Å². The topological polar surface area (TPSA) is 49.6 Å². The van der Waals surface area contributed by atoms with E-state index in [1.54, 1.807) is 16.7 Å². The van der Waals surface area contributed by atoms with Crippen molar-refractivity contribution in [2.75, 3.05) is 25.9 Å². The van der Waals surface area contributed by atoms with Crippen LogP contribution in [0.1, 0.15) is 25.0 Å². The van der Waals surface area contributed by atoms with Crippen molar-refractivity contribution in [1.82, 2.24) is 14.8 Å². The Bertz CT molecular complexity index is 842. The quantitative estimate of drug-likeness (QED) is 0.651. The first-order valence-electron chi connectivity index (χ1n) is 9.30. The highest BCUT2D eigenvalue weighted by molar-refractivity contribution is 8.00. The summed E-state index contributed by atoms with van der Waals surface area (Å²) in [5, 5.41) is 3.48. The van der Waals surface area contributed by atoms with E-state index < -0.39 is 0 Å². The van der Waals surface area contributed by atoms with E-state index in [0.29, 0.717) is 6.54 Å². The van der Waals surface area contributed by atoms with Gasteiger partial charge < -0.3 is 14.8 Å². The molecule has 5 nitrogen and oxygen atoms in total. The lowest BCUT2D eigenvalue weighted by Gasteiger charge is -2.39. The number of hydrogen-bond donors (Lipinski definition) is 1. The summed E-state index contributed by atoms with van der Waals surface area (Å²) in [6, 6.07) is 13.6. The Labute approximate surface area is 165 Å². The Kier molecular flexibility index (Phi) is 6.26. The molecule has 1 fully saturated rings. The molecule has 0 spiro atoms. The Hall–Kier alpha value is -2.21. The summed E-state index contributed by atoms with van der Waals surface area (Å²) in [6.07, 6.45) is 1.82. The van der Waals surface area contributed by atoms with Crippen LogP contribution < -0.4 is 10.9 Å². The minimum atomic E-state index is 0.0228. The zero-order valence-electron chi connectivity index (χ0n) is 16.3. The lowest BCUT2D eigenvalue weighted by atomic mass is 10.1. The van der Waals surface area contributed by atoms with Crippen molar-refractivity contribution < 1.29 is 0 Å². The van der Waals surface area contributed by atoms with Gasteiger partial charge in [-0.05, 0) is 31.0 Å². The Balaban J connectivity index is 1.58. The fourth-order valence-corrected chi connectivity index (χ4v) is 4.37. The Morgan fingerprint density at radius 1 is 1.19 bits per heavy atom. The molecular formula is C21H28N4OS. The van der Waals surface area contributed by atoms with Gasteiger partial charge in [-0.15, -0.1) is 0 Å². The van der Waals surface area contributed by atoms with E-state index in [9.17, 15) is 4.79 Å². The maximum absolute atomic E-state index is 11.8. The van der Waals surface area contributed by atoms with Crippen molar-refractivity contribution in [2.45, 2.75) is 31.7 Å². The van der Waals surface area contributed by atoms with Gasteiger partial charge in [0.25, 0.3) is 5.56 Å². The monoisotopic (exact) mass is 384 g/mol. The molecule has 0 saturated carbocycles. The third-order valence-electron chi connectivity index (χ3n) is 4.66. The molecule has 1 saturated heterocycles. The van der Waals surface area contributed by atoms with Crippen molar-refractivity contribution in [3.63, 3.8) is 0 Å². The molecule has 1 aliphatic heterocycles. The van der Waals surface area contributed by atoms with E-state index in [0.717, 1.165) is 36.9 Å². The number of aliphatic imine (C=N–C) groups is 1. The lowest BCUT2D eigenvalue weighted by molar-refractivity contribution is 0.375. The Morgan fingerprint density at radius 2 is 1.93 bits per heavy atom. The fourth-order valence-electron chi connectivity index (χ4n) is 3.26. The highest BCUT2D eigenvalue weighted by Crippen LogP contribution is 2.29. The molecule has 2 aromatic rings. The first-order chi connectivity index (χ1) is 13.0. The molecule has 2 heterocycles. The minimum absolute atomic E-state index is 0.0228. The van der Waals surface area contributed by atoms with Crippen LogP contribution in [0.15, 0.2) is 58.4 Å². The average Bonchev–Trinajstić information content (AvgIpc) is 2.65. The molecule has 0 unspecified atom stereocenters. The average molecular weight is 385 g/mol. The summed E-state index contributed by atoms with van der Waals surface area (Å²) in [5.74, 6) is 2.09. The first-order valence-corrected chi connectivity index (χ1v) is 10.3. The van der Waals surface area contributed by atoms with E-state index in [4.69, 9.17) is 0 Å². The summed E-state index contributed by atoms with van der Waals surface area (Å²) in [6.45, 7) is 7.93. The third-order valence-corrected chi connectivity index (χ3v) is 5.96. The van der Waals surface area contributed by atoms with Crippen molar-refractivity contribution in [3.05, 3.63) is 70.1 Å². The summed E-state index contributed by atoms with van der Waals surface area (Å²) < 4.78 is 1.97. The number of thioether (sulfide) groups is 1. The standard InChI is InChI=1S/C21H28N4OS/c1-21(2)16-25(12-13-27-21)20(22-3)23-14-17-7-9-18(10-8-17)15-24-11-5-4-6-19(24)26/h4-11H,12-16H2,1-3H3,(H,22,23). The molecular weight excluding hydrogens is 356 g/mol. The van der Waals surface area contributed by atoms with Crippen molar-refractivity contribution in [2.24, 2.45) is 4.99 Å². The number of nitrogens with zero attached hydrogens (tertiary/aromatic N) is 3. The molecule has 3 rings (SSSR count). The molecule has 1 aromatic heterocycles. The van der Waals surface area contributed by atoms with Gasteiger partial charge in [-0.1, -0.05) is 30.3 Å². The number of pyridine rings is 1. The Morgan fingerprint density at radius 3 is 2.59 bits per heavy atom. The number of aromatic nitrogens is 1. The molecule has 0 aliphatic carbocycles. The molecule has 0 amide bonds. The smallest absolute Gasteiger partial charge is 0.250 e. The van der Waals surface area contributed by atoms with Gasteiger partial charge in [-0.25, -0.2) is 0 Å². The van der Waals surface area contributed by atoms with Gasteiger partial charge in [-0.2, -0.15) is 11.8 Å². The SMILES string of the molecule is CN=C(NCc1ccc(Cn2ccccc2=O)cc1)N1CCSC(C)(C)C1. The highest BCUT2D eigenvalue weighted by atomic mass is 32.2. The van der Waals surface area contributed by atoms with Crippen LogP contribution in [0.3, 0.4) is 0 Å². The molecule has 1 aliphatic rings. The second kappa shape index (κ2) is 8.65. The molecule has 144 valence electrons.